The number of fused-ring (bicyclic) bond motifs is 5. The molecular formula is C33H58O9. The van der Waals surface area contributed by atoms with Crippen LogP contribution < -0.4 is 0 Å². The number of methoxy groups -OCH3 is 1. The van der Waals surface area contributed by atoms with E-state index in [4.69, 9.17) is 14.2 Å². The van der Waals surface area contributed by atoms with Crippen LogP contribution in [0.5, 0.6) is 0 Å². The zero-order chi connectivity index (χ0) is 30.8. The molecule has 0 bridgehead atoms. The summed E-state index contributed by atoms with van der Waals surface area (Å²) in [4.78, 5) is 0. The van der Waals surface area contributed by atoms with Gasteiger partial charge in [-0.3, -0.25) is 0 Å². The molecule has 244 valence electrons. The number of hydrogen-bond acceptors (Lipinski definition) is 9. The van der Waals surface area contributed by atoms with Gasteiger partial charge >= 0.3 is 0 Å². The van der Waals surface area contributed by atoms with Crippen LogP contribution in [0.1, 0.15) is 92.4 Å². The van der Waals surface area contributed by atoms with E-state index in [2.05, 4.69) is 34.6 Å². The highest BCUT2D eigenvalue weighted by atomic mass is 16.7. The molecule has 4 saturated carbocycles. The summed E-state index contributed by atoms with van der Waals surface area (Å²) in [6, 6.07) is 0. The fourth-order valence-electron chi connectivity index (χ4n) is 11.0. The molecule has 0 spiro atoms. The Morgan fingerprint density at radius 2 is 1.62 bits per heavy atom. The molecule has 1 aliphatic heterocycles. The molecule has 4 aliphatic carbocycles. The number of aliphatic hydroxyl groups is 6. The first-order valence-corrected chi connectivity index (χ1v) is 16.6. The molecule has 7 unspecified atom stereocenters. The van der Waals surface area contributed by atoms with Gasteiger partial charge < -0.3 is 44.8 Å². The molecule has 9 heteroatoms. The summed E-state index contributed by atoms with van der Waals surface area (Å²) < 4.78 is 17.4. The van der Waals surface area contributed by atoms with Crippen molar-refractivity contribution >= 4 is 0 Å². The smallest absolute Gasteiger partial charge is 0.186 e. The highest BCUT2D eigenvalue weighted by Crippen LogP contribution is 2.69. The summed E-state index contributed by atoms with van der Waals surface area (Å²) in [6.45, 7) is 10.6. The fourth-order valence-corrected chi connectivity index (χ4v) is 11.0. The lowest BCUT2D eigenvalue weighted by Crippen LogP contribution is -2.68. The monoisotopic (exact) mass is 598 g/mol. The van der Waals surface area contributed by atoms with Crippen LogP contribution in [0.4, 0.5) is 0 Å². The van der Waals surface area contributed by atoms with Crippen molar-refractivity contribution in [3.63, 3.8) is 0 Å². The number of aliphatic hydroxyl groups excluding tert-OH is 5. The van der Waals surface area contributed by atoms with Crippen molar-refractivity contribution < 1.29 is 44.8 Å². The molecule has 9 nitrogen and oxygen atoms in total. The molecule has 5 fully saturated rings. The average Bonchev–Trinajstić information content (AvgIpc) is 3.39. The van der Waals surface area contributed by atoms with Crippen molar-refractivity contribution in [2.75, 3.05) is 13.7 Å². The second-order valence-electron chi connectivity index (χ2n) is 15.7. The lowest BCUT2D eigenvalue weighted by molar-refractivity contribution is -0.263. The minimum Gasteiger partial charge on any atom is -0.394 e. The molecule has 42 heavy (non-hydrogen) atoms. The van der Waals surface area contributed by atoms with Crippen molar-refractivity contribution in [1.82, 2.24) is 0 Å². The molecule has 5 aliphatic rings. The average molecular weight is 599 g/mol. The third-order valence-corrected chi connectivity index (χ3v) is 13.1. The van der Waals surface area contributed by atoms with E-state index in [9.17, 15) is 30.6 Å². The standard InChI is InChI=1S/C33H58O9/c1-17(2)24(41-30-27(38)28(40-6)25(16-34)42-30)8-7-18(3)20-14-22(36)29-32(20,5)12-10-26-31(4)11-9-19(35)13-21(31)23(37)15-33(26,29)39/h17-30,34-39H,7-16H2,1-6H3/t18-,19+,20-,21?,22+,23+,24+,25?,26?,27?,28?,29?,30?,31+,32-,33+/m1/s1. The van der Waals surface area contributed by atoms with Gasteiger partial charge in [-0.2, -0.15) is 0 Å². The molecule has 0 amide bonds. The van der Waals surface area contributed by atoms with Crippen LogP contribution in [0.2, 0.25) is 0 Å². The molecule has 0 aromatic heterocycles. The Morgan fingerprint density at radius 3 is 2.24 bits per heavy atom. The summed E-state index contributed by atoms with van der Waals surface area (Å²) in [6.07, 6.45) is 1.44. The minimum atomic E-state index is -1.13. The molecule has 5 rings (SSSR count). The zero-order valence-corrected chi connectivity index (χ0v) is 26.6. The predicted octanol–water partition coefficient (Wildman–Crippen LogP) is 2.61. The van der Waals surface area contributed by atoms with E-state index in [1.54, 1.807) is 0 Å². The van der Waals surface area contributed by atoms with Gasteiger partial charge in [0, 0.05) is 19.4 Å². The van der Waals surface area contributed by atoms with Crippen molar-refractivity contribution in [2.24, 2.45) is 46.3 Å². The van der Waals surface area contributed by atoms with Crippen LogP contribution in [0.3, 0.4) is 0 Å². The summed E-state index contributed by atoms with van der Waals surface area (Å²) in [5.41, 5.74) is -1.63. The number of rotatable bonds is 9. The van der Waals surface area contributed by atoms with Gasteiger partial charge in [0.05, 0.1) is 36.6 Å². The van der Waals surface area contributed by atoms with Crippen LogP contribution >= 0.6 is 0 Å². The number of ether oxygens (including phenoxy) is 3. The highest BCUT2D eigenvalue weighted by Gasteiger charge is 2.70. The Hall–Kier alpha value is -0.360. The second-order valence-corrected chi connectivity index (χ2v) is 15.7. The Morgan fingerprint density at radius 1 is 0.929 bits per heavy atom. The summed E-state index contributed by atoms with van der Waals surface area (Å²) in [7, 11) is 1.49. The first-order valence-electron chi connectivity index (χ1n) is 16.6. The molecule has 16 atom stereocenters. The van der Waals surface area contributed by atoms with Crippen LogP contribution in [0.15, 0.2) is 0 Å². The maximum absolute atomic E-state index is 12.5. The van der Waals surface area contributed by atoms with E-state index in [0.29, 0.717) is 19.3 Å². The molecule has 0 radical (unpaired) electrons. The third-order valence-electron chi connectivity index (χ3n) is 13.1. The second kappa shape index (κ2) is 12.1. The maximum Gasteiger partial charge on any atom is 0.186 e. The first kappa shape index (κ1) is 33.0. The topological polar surface area (TPSA) is 149 Å². The highest BCUT2D eigenvalue weighted by molar-refractivity contribution is 5.20. The van der Waals surface area contributed by atoms with Gasteiger partial charge in [0.1, 0.15) is 18.3 Å². The van der Waals surface area contributed by atoms with Gasteiger partial charge in [-0.05, 0) is 91.8 Å². The Balaban J connectivity index is 1.28. The summed E-state index contributed by atoms with van der Waals surface area (Å²) >= 11 is 0. The van der Waals surface area contributed by atoms with E-state index in [-0.39, 0.29) is 71.6 Å². The van der Waals surface area contributed by atoms with E-state index in [1.165, 1.54) is 7.11 Å². The lowest BCUT2D eigenvalue weighted by atomic mass is 9.42. The Labute approximate surface area is 251 Å². The molecule has 6 N–H and O–H groups in total. The van der Waals surface area contributed by atoms with Crippen molar-refractivity contribution in [2.45, 2.75) is 147 Å². The molecular weight excluding hydrogens is 540 g/mol. The lowest BCUT2D eigenvalue weighted by Gasteiger charge is -2.66. The SMILES string of the molecule is COC1C(CO)OC(O[C@@H](CC[C@@H](C)[C@H]2C[C@H](O)C3[C@]4(O)C[C@H](O)C5C[C@@H](O)CC[C@]5(C)C4CC[C@@]32C)C(C)C)C1O. The molecule has 1 saturated heterocycles. The van der Waals surface area contributed by atoms with E-state index >= 15 is 0 Å². The third kappa shape index (κ3) is 5.30. The Bertz CT molecular complexity index is 933. The quantitative estimate of drug-likeness (QED) is 0.236. The van der Waals surface area contributed by atoms with Crippen LogP contribution in [0.25, 0.3) is 0 Å². The van der Waals surface area contributed by atoms with Gasteiger partial charge in [-0.25, -0.2) is 0 Å². The van der Waals surface area contributed by atoms with E-state index < -0.39 is 42.4 Å². The fraction of sp³-hybridized carbons (Fsp3) is 1.00. The maximum atomic E-state index is 12.5. The van der Waals surface area contributed by atoms with Gasteiger partial charge in [-0.1, -0.05) is 34.6 Å². The predicted molar refractivity (Wildman–Crippen MR) is 156 cm³/mol. The first-order chi connectivity index (χ1) is 19.7. The van der Waals surface area contributed by atoms with Crippen LogP contribution in [0, 0.1) is 46.3 Å². The summed E-state index contributed by atoms with van der Waals surface area (Å²) in [5.74, 6) is 0.358. The molecule has 0 aromatic rings. The Kier molecular flexibility index (Phi) is 9.51. The molecule has 0 aromatic carbocycles. The van der Waals surface area contributed by atoms with Gasteiger partial charge in [0.25, 0.3) is 0 Å². The van der Waals surface area contributed by atoms with Gasteiger partial charge in [-0.15, -0.1) is 0 Å². The van der Waals surface area contributed by atoms with Crippen molar-refractivity contribution in [3.8, 4) is 0 Å². The number of hydrogen-bond donors (Lipinski definition) is 6. The van der Waals surface area contributed by atoms with Crippen molar-refractivity contribution in [1.29, 1.82) is 0 Å². The molecule has 1 heterocycles. The van der Waals surface area contributed by atoms with Crippen molar-refractivity contribution in [3.05, 3.63) is 0 Å². The largest absolute Gasteiger partial charge is 0.394 e. The minimum absolute atomic E-state index is 0.00270. The zero-order valence-electron chi connectivity index (χ0n) is 26.6. The van der Waals surface area contributed by atoms with E-state index in [1.807, 2.05) is 0 Å². The van der Waals surface area contributed by atoms with E-state index in [0.717, 1.165) is 32.1 Å². The van der Waals surface area contributed by atoms with Crippen LogP contribution in [-0.4, -0.2) is 99.0 Å². The van der Waals surface area contributed by atoms with Crippen LogP contribution in [-0.2, 0) is 14.2 Å². The summed E-state index contributed by atoms with van der Waals surface area (Å²) in [5, 5.41) is 66.2. The normalized spacial score (nSPS) is 52.1. The van der Waals surface area contributed by atoms with Gasteiger partial charge in [0.15, 0.2) is 6.29 Å². The van der Waals surface area contributed by atoms with Gasteiger partial charge in [0.2, 0.25) is 0 Å².